The van der Waals surface area contributed by atoms with Gasteiger partial charge in [0.25, 0.3) is 0 Å². The lowest BCUT2D eigenvalue weighted by Crippen LogP contribution is -2.22. The highest BCUT2D eigenvalue weighted by atomic mass is 19.1. The second-order valence-electron chi connectivity index (χ2n) is 29.4. The van der Waals surface area contributed by atoms with Crippen molar-refractivity contribution < 1.29 is 55.5 Å². The van der Waals surface area contributed by atoms with E-state index in [1.54, 1.807) is 140 Å². The van der Waals surface area contributed by atoms with Gasteiger partial charge in [0.2, 0.25) is 0 Å². The Morgan fingerprint density at radius 1 is 0.349 bits per heavy atom. The zero-order chi connectivity index (χ0) is 91.0. The fourth-order valence-electron chi connectivity index (χ4n) is 16.1. The maximum absolute atomic E-state index is 15.0. The summed E-state index contributed by atoms with van der Waals surface area (Å²) in [4.78, 5) is 86.5. The Balaban J connectivity index is 0.000000121. The van der Waals surface area contributed by atoms with Gasteiger partial charge >= 0.3 is 22.8 Å². The maximum atomic E-state index is 15.0. The van der Waals surface area contributed by atoms with Crippen molar-refractivity contribution in [2.45, 2.75) is 20.4 Å². The molecule has 0 amide bonds. The molecule has 0 aliphatic rings. The van der Waals surface area contributed by atoms with Crippen LogP contribution in [-0.2, 0) is 48.8 Å². The number of ether oxygens (including phenoxy) is 8. The molecule has 654 valence electrons. The van der Waals surface area contributed by atoms with Crippen LogP contribution in [0.5, 0.6) is 46.0 Å². The molecule has 36 nitrogen and oxygen atoms in total. The van der Waals surface area contributed by atoms with Crippen LogP contribution >= 0.6 is 0 Å². The SMILES string of the molecule is CCn1cc(-c2cc3c(cc2OC)ncc2c3n(-c3c(F)cncc3OC)c(=O)n2C)cn1.COc1cc2ncc3c(c2cc1-c1ccn[nH]1)n(-c1c(F)cncc1OC)c(=O)n3C.COc1cc2ncc3c(c2cc1-c1cn(C)nc1C)n(-c1c(F)cncc1OC)c(=O)n3C.COc1cc2ncc3c(c2cc1-c1cnn(C)c1)n(-c1c(F)cncc1OC)c(=O)n3C. The van der Waals surface area contributed by atoms with Crippen LogP contribution in [-0.4, -0.2) is 173 Å². The number of H-pyrrole nitrogens is 1. The predicted octanol–water partition coefficient (Wildman–Crippen LogP) is 12.1. The van der Waals surface area contributed by atoms with Gasteiger partial charge < -0.3 is 37.9 Å². The molecule has 40 heteroatoms. The first-order valence-corrected chi connectivity index (χ1v) is 39.4. The number of aryl methyl sites for hydroxylation is 8. The van der Waals surface area contributed by atoms with Crippen LogP contribution in [0.3, 0.4) is 0 Å². The summed E-state index contributed by atoms with van der Waals surface area (Å²) in [6.45, 7) is 4.63. The molecule has 0 radical (unpaired) electrons. The Labute approximate surface area is 725 Å². The molecule has 129 heavy (non-hydrogen) atoms. The highest BCUT2D eigenvalue weighted by Crippen LogP contribution is 2.44. The summed E-state index contributed by atoms with van der Waals surface area (Å²) in [5, 5.41) is 22.6. The molecule has 0 saturated heterocycles. The minimum absolute atomic E-state index is 0.00762. The number of rotatable bonds is 17. The average molecular weight is 1750 g/mol. The molecule has 0 fully saturated rings. The van der Waals surface area contributed by atoms with E-state index in [-0.39, 0.29) is 45.7 Å². The quantitative estimate of drug-likeness (QED) is 0.0827. The van der Waals surface area contributed by atoms with Gasteiger partial charge in [0.05, 0.1) is 221 Å². The number of imidazole rings is 4. The molecule has 0 saturated carbocycles. The van der Waals surface area contributed by atoms with E-state index in [1.807, 2.05) is 75.5 Å². The third-order valence-electron chi connectivity index (χ3n) is 22.3. The van der Waals surface area contributed by atoms with Crippen LogP contribution in [0.25, 0.3) is 155 Å². The Hall–Kier alpha value is -16.8. The minimum Gasteiger partial charge on any atom is -0.496 e. The van der Waals surface area contributed by atoms with E-state index in [9.17, 15) is 32.3 Å². The van der Waals surface area contributed by atoms with Gasteiger partial charge in [-0.25, -0.2) is 36.7 Å². The highest BCUT2D eigenvalue weighted by Gasteiger charge is 2.30. The molecular formula is C89H78F4N24O12. The lowest BCUT2D eigenvalue weighted by Gasteiger charge is -2.13. The molecule has 0 spiro atoms. The van der Waals surface area contributed by atoms with Crippen molar-refractivity contribution in [1.82, 2.24) is 116 Å². The van der Waals surface area contributed by atoms with E-state index in [2.05, 4.69) is 65.4 Å². The topological polar surface area (TPSA) is 367 Å². The Kier molecular flexibility index (Phi) is 22.0. The molecule has 20 rings (SSSR count). The van der Waals surface area contributed by atoms with Crippen molar-refractivity contribution in [2.75, 3.05) is 56.9 Å². The first-order chi connectivity index (χ1) is 62.3. The second-order valence-corrected chi connectivity index (χ2v) is 29.4. The van der Waals surface area contributed by atoms with Crippen LogP contribution in [0, 0.1) is 30.2 Å². The number of hydrogen-bond acceptors (Lipinski definition) is 24. The molecule has 20 aromatic rings. The van der Waals surface area contributed by atoms with Crippen LogP contribution in [0.2, 0.25) is 0 Å². The van der Waals surface area contributed by atoms with Gasteiger partial charge in [0, 0.05) is 158 Å². The number of nitrogens with one attached hydrogen (secondary N) is 1. The van der Waals surface area contributed by atoms with Crippen molar-refractivity contribution in [1.29, 1.82) is 0 Å². The molecule has 1 N–H and O–H groups in total. The average Bonchev–Trinajstić information content (AvgIpc) is 1.60. The molecule has 0 aliphatic heterocycles. The van der Waals surface area contributed by atoms with Gasteiger partial charge in [-0.3, -0.25) is 95.6 Å². The lowest BCUT2D eigenvalue weighted by atomic mass is 10.0. The van der Waals surface area contributed by atoms with Crippen LogP contribution < -0.4 is 60.7 Å². The minimum atomic E-state index is -0.679. The first kappa shape index (κ1) is 84.4. The monoisotopic (exact) mass is 1750 g/mol. The summed E-state index contributed by atoms with van der Waals surface area (Å²) >= 11 is 0. The van der Waals surface area contributed by atoms with Gasteiger partial charge in [0.15, 0.2) is 46.3 Å². The molecule has 16 aromatic heterocycles. The fraction of sp³-hybridized carbons (Fsp3) is 0.191. The standard InChI is InChI=1S/2C23H21FN6O3.C22H19FN6O3.C21H17FN6O3/c1-12-15(11-28(2)27-12)13-6-14-17(7-19(13)32-4)26-9-18-21(14)30(23(31)29(18)3)22-16(24)8-25-10-20(22)33-5;1-5-29-12-13(8-27-29)14-6-15-17(7-19(14)32-3)26-10-18-21(15)30(23(31)28(18)2)22-16(24)9-25-11-20(22)33-4;1-27-11-12(7-26-27)13-5-14-16(6-18(13)31-3)25-9-17-20(14)29(22(30)28(17)2)21-15(23)8-24-10-19(21)32-4;1-27-16-9-24-15-7-17(30-2)11(14-4-5-25-26-14)6-12(15)19(16)28(21(27)29)20-13(22)8-23-10-18(20)31-3/h6-11H,1-5H3;6-12H,5H2,1-4H3;5-11H,1-4H3;4-10H,1-3H3,(H,25,26). The summed E-state index contributed by atoms with van der Waals surface area (Å²) in [6, 6.07) is 16.5. The van der Waals surface area contributed by atoms with Crippen molar-refractivity contribution in [3.8, 4) is 113 Å². The Morgan fingerprint density at radius 2 is 0.667 bits per heavy atom. The third kappa shape index (κ3) is 14.1. The number of aromatic amines is 1. The highest BCUT2D eigenvalue weighted by molar-refractivity contribution is 6.10. The number of fused-ring (bicyclic) bond motifs is 12. The van der Waals surface area contributed by atoms with Gasteiger partial charge in [-0.2, -0.15) is 20.4 Å². The summed E-state index contributed by atoms with van der Waals surface area (Å²) < 4.78 is 120. The molecular weight excluding hydrogens is 1670 g/mol. The number of aromatic nitrogens is 24. The number of methoxy groups -OCH3 is 8. The zero-order valence-electron chi connectivity index (χ0n) is 72.0. The number of nitrogens with zero attached hydrogens (tertiary/aromatic N) is 23. The molecule has 0 unspecified atom stereocenters. The second kappa shape index (κ2) is 33.7. The summed E-state index contributed by atoms with van der Waals surface area (Å²) in [7, 11) is 22.1. The van der Waals surface area contributed by atoms with E-state index >= 15 is 4.39 Å². The van der Waals surface area contributed by atoms with Gasteiger partial charge in [-0.05, 0) is 44.2 Å². The van der Waals surface area contributed by atoms with Gasteiger partial charge in [-0.1, -0.05) is 0 Å². The number of halogens is 4. The zero-order valence-corrected chi connectivity index (χ0v) is 72.0. The maximum Gasteiger partial charge on any atom is 0.333 e. The van der Waals surface area contributed by atoms with E-state index < -0.39 is 46.0 Å². The predicted molar refractivity (Wildman–Crippen MR) is 472 cm³/mol. The van der Waals surface area contributed by atoms with E-state index in [0.717, 1.165) is 81.7 Å². The van der Waals surface area contributed by atoms with E-state index in [0.29, 0.717) is 111 Å². The fourth-order valence-corrected chi connectivity index (χ4v) is 16.1. The van der Waals surface area contributed by atoms with Crippen molar-refractivity contribution in [2.24, 2.45) is 42.3 Å². The van der Waals surface area contributed by atoms with Crippen molar-refractivity contribution in [3.63, 3.8) is 0 Å². The van der Waals surface area contributed by atoms with Gasteiger partial charge in [-0.15, -0.1) is 0 Å². The summed E-state index contributed by atoms with van der Waals surface area (Å²) in [5.74, 6) is 0.288. The van der Waals surface area contributed by atoms with E-state index in [4.69, 9.17) is 37.9 Å². The summed E-state index contributed by atoms with van der Waals surface area (Å²) in [6.07, 6.45) is 26.8. The molecule has 0 atom stereocenters. The molecule has 0 aliphatic carbocycles. The van der Waals surface area contributed by atoms with Crippen LogP contribution in [0.15, 0.2) is 185 Å². The number of benzene rings is 4. The number of hydrogen-bond donors (Lipinski definition) is 1. The van der Waals surface area contributed by atoms with Crippen LogP contribution in [0.1, 0.15) is 12.6 Å². The smallest absolute Gasteiger partial charge is 0.333 e. The van der Waals surface area contributed by atoms with Crippen molar-refractivity contribution >= 4 is 87.7 Å². The Morgan fingerprint density at radius 3 is 0.961 bits per heavy atom. The Bertz CT molecular complexity index is 8160. The largest absolute Gasteiger partial charge is 0.496 e. The first-order valence-electron chi connectivity index (χ1n) is 39.4. The van der Waals surface area contributed by atoms with Gasteiger partial charge in [0.1, 0.15) is 45.7 Å². The van der Waals surface area contributed by atoms with E-state index in [1.165, 1.54) is 89.8 Å². The summed E-state index contributed by atoms with van der Waals surface area (Å²) in [5.41, 5.74) is 11.9. The molecule has 0 bridgehead atoms. The molecule has 4 aromatic carbocycles. The van der Waals surface area contributed by atoms with Crippen molar-refractivity contribution in [3.05, 3.63) is 237 Å². The number of pyridine rings is 8. The molecule has 16 heterocycles. The third-order valence-corrected chi connectivity index (χ3v) is 22.3. The lowest BCUT2D eigenvalue weighted by molar-refractivity contribution is 0.406. The normalized spacial score (nSPS) is 11.4. The van der Waals surface area contributed by atoms with Crippen LogP contribution in [0.4, 0.5) is 17.6 Å².